The molecule has 1 saturated heterocycles. The van der Waals surface area contributed by atoms with E-state index < -0.39 is 6.29 Å². The number of para-hydroxylation sites is 2. The van der Waals surface area contributed by atoms with E-state index in [-0.39, 0.29) is 36.7 Å². The van der Waals surface area contributed by atoms with Crippen LogP contribution in [0.25, 0.3) is 10.8 Å². The summed E-state index contributed by atoms with van der Waals surface area (Å²) in [6.45, 7) is 3.37. The summed E-state index contributed by atoms with van der Waals surface area (Å²) in [4.78, 5) is 27.2. The van der Waals surface area contributed by atoms with Crippen molar-refractivity contribution in [1.82, 2.24) is 10.2 Å². The zero-order valence-corrected chi connectivity index (χ0v) is 31.2. The number of benzene rings is 5. The number of nitrogens with zero attached hydrogens (tertiary/aromatic N) is 1. The average molecular weight is 729 g/mol. The number of nitrogen functional groups attached to an aromatic ring is 1. The highest BCUT2D eigenvalue weighted by atomic mass is 16.7. The van der Waals surface area contributed by atoms with Crippen LogP contribution in [0.3, 0.4) is 0 Å². The van der Waals surface area contributed by atoms with E-state index in [0.29, 0.717) is 50.0 Å². The lowest BCUT2D eigenvalue weighted by Crippen LogP contribution is -2.38. The van der Waals surface area contributed by atoms with E-state index in [9.17, 15) is 14.7 Å². The van der Waals surface area contributed by atoms with Gasteiger partial charge in [-0.1, -0.05) is 103 Å². The first-order valence-corrected chi connectivity index (χ1v) is 18.9. The van der Waals surface area contributed by atoms with E-state index in [0.717, 1.165) is 35.2 Å². The van der Waals surface area contributed by atoms with Gasteiger partial charge < -0.3 is 30.9 Å². The number of hydrogen-bond acceptors (Lipinski definition) is 7. The molecule has 0 bridgehead atoms. The Balaban J connectivity index is 1.01. The van der Waals surface area contributed by atoms with Crippen LogP contribution >= 0.6 is 0 Å². The molecule has 282 valence electrons. The third-order valence-electron chi connectivity index (χ3n) is 10.3. The third-order valence-corrected chi connectivity index (χ3v) is 10.3. The Hall–Kier alpha value is -5.06. The number of nitrogens with two attached hydrogens (primary N) is 1. The summed E-state index contributed by atoms with van der Waals surface area (Å²) < 4.78 is 13.2. The largest absolute Gasteiger partial charge is 0.397 e. The molecule has 0 saturated carbocycles. The fourth-order valence-electron chi connectivity index (χ4n) is 6.89. The third kappa shape index (κ3) is 10.5. The number of aliphatic hydroxyl groups is 1. The van der Waals surface area contributed by atoms with E-state index in [1.54, 1.807) is 12.1 Å². The SMILES string of the molecule is C[C@H](c1ccc2ccccc2c1)N(C)C[C@@H]1C[C@H](c2ccc(CO)cc2)O[C@H](c2ccc(CNC(=O)CCCCCC(=O)Nc3ccccc3N)cc2)O1. The highest BCUT2D eigenvalue weighted by Crippen LogP contribution is 2.39. The van der Waals surface area contributed by atoms with Gasteiger partial charge in [-0.25, -0.2) is 0 Å². The smallest absolute Gasteiger partial charge is 0.224 e. The van der Waals surface area contributed by atoms with Gasteiger partial charge in [0.1, 0.15) is 0 Å². The van der Waals surface area contributed by atoms with Gasteiger partial charge in [0.2, 0.25) is 11.8 Å². The van der Waals surface area contributed by atoms with Crippen molar-refractivity contribution in [2.24, 2.45) is 0 Å². The second-order valence-corrected chi connectivity index (χ2v) is 14.3. The maximum atomic E-state index is 12.6. The molecule has 1 aliphatic rings. The van der Waals surface area contributed by atoms with Crippen LogP contribution in [0.15, 0.2) is 115 Å². The number of hydrogen-bond donors (Lipinski definition) is 4. The monoisotopic (exact) mass is 728 g/mol. The Morgan fingerprint density at radius 2 is 1.46 bits per heavy atom. The Morgan fingerprint density at radius 1 is 0.796 bits per heavy atom. The molecular formula is C45H52N4O5. The summed E-state index contributed by atoms with van der Waals surface area (Å²) in [6, 6.07) is 38.4. The quantitative estimate of drug-likeness (QED) is 0.0594. The molecule has 9 heteroatoms. The fourth-order valence-corrected chi connectivity index (χ4v) is 6.89. The molecule has 54 heavy (non-hydrogen) atoms. The zero-order valence-electron chi connectivity index (χ0n) is 31.2. The van der Waals surface area contributed by atoms with Crippen molar-refractivity contribution < 1.29 is 24.2 Å². The second-order valence-electron chi connectivity index (χ2n) is 14.3. The summed E-state index contributed by atoms with van der Waals surface area (Å²) >= 11 is 0. The zero-order chi connectivity index (χ0) is 37.9. The molecule has 0 unspecified atom stereocenters. The second kappa shape index (κ2) is 18.8. The lowest BCUT2D eigenvalue weighted by atomic mass is 9.98. The summed E-state index contributed by atoms with van der Waals surface area (Å²) in [6.07, 6.45) is 2.86. The molecule has 5 aromatic carbocycles. The van der Waals surface area contributed by atoms with Crippen molar-refractivity contribution in [1.29, 1.82) is 0 Å². The van der Waals surface area contributed by atoms with Crippen LogP contribution in [0.2, 0.25) is 0 Å². The van der Waals surface area contributed by atoms with Crippen molar-refractivity contribution in [2.45, 2.75) is 83.1 Å². The number of carbonyl (C=O) groups is 2. The molecule has 1 aliphatic heterocycles. The average Bonchev–Trinajstić information content (AvgIpc) is 3.20. The molecule has 5 N–H and O–H groups in total. The minimum absolute atomic E-state index is 0.00334. The number of aliphatic hydroxyl groups excluding tert-OH is 1. The Kier molecular flexibility index (Phi) is 13.5. The normalized spacial score (nSPS) is 17.7. The molecule has 0 aliphatic carbocycles. The number of nitrogens with one attached hydrogen (secondary N) is 2. The molecular weight excluding hydrogens is 677 g/mol. The Morgan fingerprint density at radius 3 is 2.20 bits per heavy atom. The first-order valence-electron chi connectivity index (χ1n) is 18.9. The maximum absolute atomic E-state index is 12.6. The van der Waals surface area contributed by atoms with Gasteiger partial charge >= 0.3 is 0 Å². The van der Waals surface area contributed by atoms with Crippen LogP contribution in [0, 0.1) is 0 Å². The summed E-state index contributed by atoms with van der Waals surface area (Å²) in [7, 11) is 2.14. The Labute approximate surface area is 318 Å². The lowest BCUT2D eigenvalue weighted by molar-refractivity contribution is -0.253. The number of unbranched alkanes of at least 4 members (excludes halogenated alkanes) is 2. The van der Waals surface area contributed by atoms with Gasteiger partial charge in [-0.3, -0.25) is 14.5 Å². The molecule has 5 aromatic rings. The summed E-state index contributed by atoms with van der Waals surface area (Å²) in [5.74, 6) is -0.0917. The topological polar surface area (TPSA) is 126 Å². The van der Waals surface area contributed by atoms with E-state index in [2.05, 4.69) is 72.0 Å². The molecule has 4 atom stereocenters. The van der Waals surface area contributed by atoms with Crippen molar-refractivity contribution in [3.8, 4) is 0 Å². The van der Waals surface area contributed by atoms with Crippen LogP contribution in [0.1, 0.15) is 91.7 Å². The number of carbonyl (C=O) groups excluding carboxylic acids is 2. The van der Waals surface area contributed by atoms with Gasteiger partial charge in [0.25, 0.3) is 0 Å². The highest BCUT2D eigenvalue weighted by Gasteiger charge is 2.33. The van der Waals surface area contributed by atoms with Gasteiger partial charge in [-0.2, -0.15) is 0 Å². The standard InChI is InChI=1S/C45H52N4O5/c1-31(37-25-24-34-10-6-7-11-38(34)26-37)49(2)29-39-27-42(35-20-18-33(30-50)19-21-35)54-45(53-39)36-22-16-32(17-23-36)28-47-43(51)14-4-3-5-15-44(52)48-41-13-9-8-12-40(41)46/h6-13,16-26,31,39,42,45,50H,3-5,14-15,27-30,46H2,1-2H3,(H,47,51)(H,48,52)/t31-,39+,42-,45-/m1/s1. The number of likely N-dealkylation sites (N-methyl/N-ethyl adjacent to an activating group) is 1. The van der Waals surface area contributed by atoms with Crippen LogP contribution in [0.4, 0.5) is 11.4 Å². The lowest BCUT2D eigenvalue weighted by Gasteiger charge is -2.39. The number of rotatable bonds is 16. The van der Waals surface area contributed by atoms with Crippen molar-refractivity contribution in [3.63, 3.8) is 0 Å². The molecule has 0 spiro atoms. The van der Waals surface area contributed by atoms with Gasteiger partial charge in [0, 0.05) is 44.0 Å². The predicted molar refractivity (Wildman–Crippen MR) is 214 cm³/mol. The van der Waals surface area contributed by atoms with Gasteiger partial charge in [0.15, 0.2) is 6.29 Å². The number of anilines is 2. The molecule has 0 radical (unpaired) electrons. The predicted octanol–water partition coefficient (Wildman–Crippen LogP) is 8.36. The van der Waals surface area contributed by atoms with Crippen molar-refractivity contribution in [2.75, 3.05) is 24.6 Å². The Bertz CT molecular complexity index is 1980. The van der Waals surface area contributed by atoms with Crippen molar-refractivity contribution in [3.05, 3.63) is 143 Å². The number of ether oxygens (including phenoxy) is 2. The molecule has 9 nitrogen and oxygen atoms in total. The van der Waals surface area contributed by atoms with Gasteiger partial charge in [-0.05, 0) is 78.0 Å². The molecule has 1 heterocycles. The van der Waals surface area contributed by atoms with Crippen LogP contribution in [0.5, 0.6) is 0 Å². The van der Waals surface area contributed by atoms with E-state index >= 15 is 0 Å². The maximum Gasteiger partial charge on any atom is 0.224 e. The molecule has 6 rings (SSSR count). The van der Waals surface area contributed by atoms with E-state index in [4.69, 9.17) is 15.2 Å². The highest BCUT2D eigenvalue weighted by molar-refractivity contribution is 5.93. The number of amides is 2. The fraction of sp³-hybridized carbons (Fsp3) is 0.333. The summed E-state index contributed by atoms with van der Waals surface area (Å²) in [5.41, 5.74) is 12.1. The minimum atomic E-state index is -0.564. The van der Waals surface area contributed by atoms with Crippen LogP contribution in [-0.2, 0) is 32.2 Å². The number of fused-ring (bicyclic) bond motifs is 1. The minimum Gasteiger partial charge on any atom is -0.397 e. The molecule has 1 fully saturated rings. The first kappa shape index (κ1) is 38.7. The molecule has 2 amide bonds. The van der Waals surface area contributed by atoms with Crippen LogP contribution in [-0.4, -0.2) is 41.5 Å². The van der Waals surface area contributed by atoms with Gasteiger partial charge in [-0.15, -0.1) is 0 Å². The van der Waals surface area contributed by atoms with Crippen molar-refractivity contribution >= 4 is 34.0 Å². The van der Waals surface area contributed by atoms with E-state index in [1.165, 1.54) is 16.3 Å². The van der Waals surface area contributed by atoms with E-state index in [1.807, 2.05) is 60.7 Å². The molecule has 0 aromatic heterocycles. The van der Waals surface area contributed by atoms with Gasteiger partial charge in [0.05, 0.1) is 30.2 Å². The van der Waals surface area contributed by atoms with Crippen LogP contribution < -0.4 is 16.4 Å². The summed E-state index contributed by atoms with van der Waals surface area (Å²) in [5, 5.41) is 17.9. The first-order chi connectivity index (χ1) is 26.2.